The molecule has 3 N–H and O–H groups in total. The lowest BCUT2D eigenvalue weighted by molar-refractivity contribution is 0.414. The summed E-state index contributed by atoms with van der Waals surface area (Å²) in [6.45, 7) is 2.50. The molecule has 0 atom stereocenters. The average Bonchev–Trinajstić information content (AvgIpc) is 2.46. The highest BCUT2D eigenvalue weighted by Gasteiger charge is 2.10. The Kier molecular flexibility index (Phi) is 4.37. The summed E-state index contributed by atoms with van der Waals surface area (Å²) in [6, 6.07) is 9.53. The monoisotopic (exact) mass is 285 g/mol. The zero-order valence-electron chi connectivity index (χ0n) is 12.4. The Bertz CT molecular complexity index is 656. The Morgan fingerprint density at radius 1 is 1.33 bits per heavy atom. The van der Waals surface area contributed by atoms with E-state index in [2.05, 4.69) is 9.97 Å². The van der Waals surface area contributed by atoms with Crippen LogP contribution < -0.4 is 15.4 Å². The number of nitrogens with two attached hydrogens (primary N) is 1. The van der Waals surface area contributed by atoms with E-state index >= 15 is 0 Å². The summed E-state index contributed by atoms with van der Waals surface area (Å²) in [5.74, 6) is 1.30. The van der Waals surface area contributed by atoms with Crippen molar-refractivity contribution in [3.63, 3.8) is 0 Å². The summed E-state index contributed by atoms with van der Waals surface area (Å²) >= 11 is 0. The predicted octanol–water partition coefficient (Wildman–Crippen LogP) is 1.71. The number of amidine groups is 1. The van der Waals surface area contributed by atoms with Crippen LogP contribution in [0.25, 0.3) is 0 Å². The third-order valence-corrected chi connectivity index (χ3v) is 3.01. The summed E-state index contributed by atoms with van der Waals surface area (Å²) in [7, 11) is 3.55. The minimum atomic E-state index is -0.0588. The largest absolute Gasteiger partial charge is 0.497 e. The van der Waals surface area contributed by atoms with Crippen LogP contribution in [0.1, 0.15) is 17.0 Å². The first-order chi connectivity index (χ1) is 9.99. The number of benzene rings is 1. The number of nitrogens with zero attached hydrogens (tertiary/aromatic N) is 3. The van der Waals surface area contributed by atoms with Crippen molar-refractivity contribution >= 4 is 11.8 Å². The molecule has 1 aromatic carbocycles. The lowest BCUT2D eigenvalue weighted by Crippen LogP contribution is -2.22. The van der Waals surface area contributed by atoms with Gasteiger partial charge in [0, 0.05) is 19.3 Å². The molecule has 0 fully saturated rings. The molecule has 6 nitrogen and oxygen atoms in total. The first-order valence-electron chi connectivity index (χ1n) is 6.53. The number of hydrogen-bond acceptors (Lipinski definition) is 5. The number of aromatic nitrogens is 2. The molecule has 0 aliphatic heterocycles. The highest BCUT2D eigenvalue weighted by Crippen LogP contribution is 2.16. The minimum Gasteiger partial charge on any atom is -0.497 e. The molecule has 0 amide bonds. The number of nitrogens with one attached hydrogen (secondary N) is 1. The molecule has 1 aromatic heterocycles. The quantitative estimate of drug-likeness (QED) is 0.645. The number of hydrogen-bond donors (Lipinski definition) is 2. The van der Waals surface area contributed by atoms with E-state index < -0.39 is 0 Å². The molecule has 6 heteroatoms. The van der Waals surface area contributed by atoms with Crippen LogP contribution in [0, 0.1) is 12.3 Å². The third kappa shape index (κ3) is 3.68. The molecule has 21 heavy (non-hydrogen) atoms. The van der Waals surface area contributed by atoms with Gasteiger partial charge in [0.25, 0.3) is 0 Å². The molecule has 0 saturated heterocycles. The second kappa shape index (κ2) is 6.21. The highest BCUT2D eigenvalue weighted by molar-refractivity contribution is 5.93. The van der Waals surface area contributed by atoms with Gasteiger partial charge in [-0.25, -0.2) is 9.97 Å². The number of rotatable bonds is 5. The van der Waals surface area contributed by atoms with Crippen molar-refractivity contribution in [3.8, 4) is 5.75 Å². The van der Waals surface area contributed by atoms with Gasteiger partial charge in [-0.3, -0.25) is 5.41 Å². The fourth-order valence-corrected chi connectivity index (χ4v) is 1.98. The lowest BCUT2D eigenvalue weighted by atomic mass is 10.2. The molecule has 110 valence electrons. The topological polar surface area (TPSA) is 88.1 Å². The number of anilines is 1. The van der Waals surface area contributed by atoms with Gasteiger partial charge >= 0.3 is 0 Å². The lowest BCUT2D eigenvalue weighted by Gasteiger charge is -2.18. The maximum absolute atomic E-state index is 7.50. The molecule has 0 radical (unpaired) electrons. The molecular formula is C15H19N5O. The van der Waals surface area contributed by atoms with Gasteiger partial charge in [0.15, 0.2) is 0 Å². The first-order valence-corrected chi connectivity index (χ1v) is 6.53. The van der Waals surface area contributed by atoms with Crippen LogP contribution in [0.3, 0.4) is 0 Å². The number of nitrogen functional groups attached to an aromatic ring is 1. The standard InChI is InChI=1S/C15H19N5O/c1-10-7-13(14(16)17)19-15(18-10)20(2)9-11-5-4-6-12(8-11)21-3/h4-8H,9H2,1-3H3,(H3,16,17). The van der Waals surface area contributed by atoms with Crippen molar-refractivity contribution in [2.45, 2.75) is 13.5 Å². The van der Waals surface area contributed by atoms with Crippen molar-refractivity contribution in [1.82, 2.24) is 9.97 Å². The molecule has 2 rings (SSSR count). The van der Waals surface area contributed by atoms with E-state index in [9.17, 15) is 0 Å². The summed E-state index contributed by atoms with van der Waals surface area (Å²) in [5.41, 5.74) is 7.81. The van der Waals surface area contributed by atoms with Gasteiger partial charge in [0.2, 0.25) is 5.95 Å². The molecule has 2 aromatic rings. The van der Waals surface area contributed by atoms with Gasteiger partial charge < -0.3 is 15.4 Å². The van der Waals surface area contributed by atoms with Gasteiger partial charge in [-0.1, -0.05) is 12.1 Å². The van der Waals surface area contributed by atoms with E-state index in [4.69, 9.17) is 15.9 Å². The molecular weight excluding hydrogens is 266 g/mol. The van der Waals surface area contributed by atoms with Gasteiger partial charge in [0.1, 0.15) is 17.3 Å². The van der Waals surface area contributed by atoms with Crippen molar-refractivity contribution in [1.29, 1.82) is 5.41 Å². The van der Waals surface area contributed by atoms with E-state index in [0.29, 0.717) is 18.2 Å². The van der Waals surface area contributed by atoms with E-state index in [1.165, 1.54) is 0 Å². The Labute approximate surface area is 124 Å². The number of methoxy groups -OCH3 is 1. The van der Waals surface area contributed by atoms with Crippen LogP contribution >= 0.6 is 0 Å². The van der Waals surface area contributed by atoms with E-state index in [1.807, 2.05) is 43.1 Å². The van der Waals surface area contributed by atoms with Gasteiger partial charge in [-0.05, 0) is 30.7 Å². The van der Waals surface area contributed by atoms with Crippen molar-refractivity contribution in [2.75, 3.05) is 19.1 Å². The van der Waals surface area contributed by atoms with Crippen LogP contribution in [-0.2, 0) is 6.54 Å². The number of aryl methyl sites for hydroxylation is 1. The predicted molar refractivity (Wildman–Crippen MR) is 82.9 cm³/mol. The third-order valence-electron chi connectivity index (χ3n) is 3.01. The Balaban J connectivity index is 2.23. The molecule has 0 bridgehead atoms. The first kappa shape index (κ1) is 14.8. The highest BCUT2D eigenvalue weighted by atomic mass is 16.5. The summed E-state index contributed by atoms with van der Waals surface area (Å²) < 4.78 is 5.22. The van der Waals surface area contributed by atoms with Gasteiger partial charge in [-0.15, -0.1) is 0 Å². The smallest absolute Gasteiger partial charge is 0.226 e. The maximum atomic E-state index is 7.50. The molecule has 0 aliphatic rings. The Morgan fingerprint density at radius 3 is 2.76 bits per heavy atom. The Morgan fingerprint density at radius 2 is 2.10 bits per heavy atom. The van der Waals surface area contributed by atoms with Crippen molar-refractivity contribution in [3.05, 3.63) is 47.3 Å². The van der Waals surface area contributed by atoms with E-state index in [1.54, 1.807) is 13.2 Å². The zero-order chi connectivity index (χ0) is 15.4. The fourth-order valence-electron chi connectivity index (χ4n) is 1.98. The van der Waals surface area contributed by atoms with Gasteiger partial charge in [0.05, 0.1) is 7.11 Å². The molecule has 0 spiro atoms. The van der Waals surface area contributed by atoms with Crippen LogP contribution in [0.5, 0.6) is 5.75 Å². The number of ether oxygens (including phenoxy) is 1. The fraction of sp³-hybridized carbons (Fsp3) is 0.267. The van der Waals surface area contributed by atoms with Crippen LogP contribution in [0.15, 0.2) is 30.3 Å². The second-order valence-corrected chi connectivity index (χ2v) is 4.82. The summed E-state index contributed by atoms with van der Waals surface area (Å²) in [6.07, 6.45) is 0. The summed E-state index contributed by atoms with van der Waals surface area (Å²) in [4.78, 5) is 10.6. The summed E-state index contributed by atoms with van der Waals surface area (Å²) in [5, 5.41) is 7.50. The van der Waals surface area contributed by atoms with Gasteiger partial charge in [-0.2, -0.15) is 0 Å². The van der Waals surface area contributed by atoms with Crippen LogP contribution in [0.2, 0.25) is 0 Å². The molecule has 0 saturated carbocycles. The minimum absolute atomic E-state index is 0.0588. The average molecular weight is 285 g/mol. The second-order valence-electron chi connectivity index (χ2n) is 4.82. The SMILES string of the molecule is COc1cccc(CN(C)c2nc(C)cc(C(=N)N)n2)c1. The van der Waals surface area contributed by atoms with E-state index in [0.717, 1.165) is 17.0 Å². The molecule has 1 heterocycles. The zero-order valence-corrected chi connectivity index (χ0v) is 12.4. The molecule has 0 aliphatic carbocycles. The van der Waals surface area contributed by atoms with Crippen molar-refractivity contribution < 1.29 is 4.74 Å². The van der Waals surface area contributed by atoms with Crippen LogP contribution in [0.4, 0.5) is 5.95 Å². The normalized spacial score (nSPS) is 10.2. The van der Waals surface area contributed by atoms with E-state index in [-0.39, 0.29) is 5.84 Å². The van der Waals surface area contributed by atoms with Crippen molar-refractivity contribution in [2.24, 2.45) is 5.73 Å². The Hall–Kier alpha value is -2.63. The maximum Gasteiger partial charge on any atom is 0.226 e. The molecule has 0 unspecified atom stereocenters. The van der Waals surface area contributed by atoms with Crippen LogP contribution in [-0.4, -0.2) is 30.0 Å².